The zero-order chi connectivity index (χ0) is 35.4. The molecule has 256 valence electrons. The molecule has 5 atom stereocenters. The van der Waals surface area contributed by atoms with Gasteiger partial charge in [-0.15, -0.1) is 27.8 Å². The van der Waals surface area contributed by atoms with Gasteiger partial charge >= 0.3 is 23.9 Å². The molecule has 1 fully saturated rings. The maximum absolute atomic E-state index is 14.0. The Bertz CT molecular complexity index is 1980. The minimum absolute atomic E-state index is 0.0298. The second kappa shape index (κ2) is 14.9. The van der Waals surface area contributed by atoms with E-state index in [1.165, 1.54) is 45.0 Å². The molecule has 4 aromatic rings. The number of aryl methyl sites for hydroxylation is 1. The van der Waals surface area contributed by atoms with Crippen LogP contribution in [0.3, 0.4) is 0 Å². The number of pyridine rings is 1. The Labute approximate surface area is 287 Å². The molecule has 0 bridgehead atoms. The number of carbonyl (C=O) groups excluding carboxylic acids is 4. The van der Waals surface area contributed by atoms with E-state index in [0.717, 1.165) is 36.1 Å². The monoisotopic (exact) mass is 709 g/mol. The third-order valence-electron chi connectivity index (χ3n) is 7.40. The summed E-state index contributed by atoms with van der Waals surface area (Å²) in [5, 5.41) is 22.3. The van der Waals surface area contributed by atoms with Gasteiger partial charge in [0.15, 0.2) is 24.5 Å². The molecular formula is C32H31N5O10S2. The van der Waals surface area contributed by atoms with E-state index in [0.29, 0.717) is 11.3 Å². The Balaban J connectivity index is 1.57. The van der Waals surface area contributed by atoms with E-state index in [4.69, 9.17) is 23.7 Å². The van der Waals surface area contributed by atoms with Gasteiger partial charge < -0.3 is 28.3 Å². The lowest BCUT2D eigenvalue weighted by Crippen LogP contribution is -2.60. The van der Waals surface area contributed by atoms with Gasteiger partial charge in [0.25, 0.3) is 5.56 Å². The van der Waals surface area contributed by atoms with Gasteiger partial charge in [-0.25, -0.2) is 4.68 Å². The van der Waals surface area contributed by atoms with Crippen molar-refractivity contribution in [3.8, 4) is 27.1 Å². The molecule has 5 rings (SSSR count). The van der Waals surface area contributed by atoms with Gasteiger partial charge in [0, 0.05) is 38.1 Å². The van der Waals surface area contributed by atoms with Gasteiger partial charge in [0.1, 0.15) is 30.0 Å². The summed E-state index contributed by atoms with van der Waals surface area (Å²) in [5.41, 5.74) is 1.72. The van der Waals surface area contributed by atoms with Crippen LogP contribution in [0.5, 0.6) is 0 Å². The highest BCUT2D eigenvalue weighted by atomic mass is 32.1. The molecular weight excluding hydrogens is 679 g/mol. The molecule has 49 heavy (non-hydrogen) atoms. The van der Waals surface area contributed by atoms with Crippen molar-refractivity contribution in [1.29, 1.82) is 5.26 Å². The Morgan fingerprint density at radius 3 is 2.24 bits per heavy atom. The summed E-state index contributed by atoms with van der Waals surface area (Å²) in [6.07, 6.45) is -5.23. The molecule has 0 aliphatic carbocycles. The first kappa shape index (κ1) is 35.1. The Kier molecular flexibility index (Phi) is 10.7. The van der Waals surface area contributed by atoms with Gasteiger partial charge in [0.2, 0.25) is 0 Å². The lowest BCUT2D eigenvalue weighted by atomic mass is 9.97. The Morgan fingerprint density at radius 2 is 1.65 bits per heavy atom. The van der Waals surface area contributed by atoms with E-state index in [-0.39, 0.29) is 17.8 Å². The fourth-order valence-electron chi connectivity index (χ4n) is 5.46. The van der Waals surface area contributed by atoms with E-state index < -0.39 is 66.7 Å². The largest absolute Gasteiger partial charge is 0.463 e. The van der Waals surface area contributed by atoms with Crippen molar-refractivity contribution in [1.82, 2.24) is 19.6 Å². The first-order chi connectivity index (χ1) is 23.4. The number of esters is 4. The summed E-state index contributed by atoms with van der Waals surface area (Å²) in [7, 11) is 0. The second-order valence-corrected chi connectivity index (χ2v) is 12.9. The van der Waals surface area contributed by atoms with Crippen molar-refractivity contribution in [3.63, 3.8) is 0 Å². The first-order valence-corrected chi connectivity index (χ1v) is 16.6. The summed E-state index contributed by atoms with van der Waals surface area (Å²) in [4.78, 5) is 63.8. The molecule has 0 N–H and O–H groups in total. The lowest BCUT2D eigenvalue weighted by Gasteiger charge is -2.44. The minimum atomic E-state index is -1.41. The number of aromatic nitrogens is 4. The highest BCUT2D eigenvalue weighted by Gasteiger charge is 2.53. The van der Waals surface area contributed by atoms with Crippen LogP contribution in [-0.2, 0) is 49.4 Å². The summed E-state index contributed by atoms with van der Waals surface area (Å²) in [6.45, 7) is 5.94. The van der Waals surface area contributed by atoms with Crippen molar-refractivity contribution >= 4 is 46.6 Å². The van der Waals surface area contributed by atoms with Crippen LogP contribution in [0, 0.1) is 18.3 Å². The number of rotatable bonds is 10. The molecule has 0 radical (unpaired) electrons. The molecule has 1 saturated heterocycles. The van der Waals surface area contributed by atoms with Crippen molar-refractivity contribution < 1.29 is 42.9 Å². The number of hydrogen-bond donors (Lipinski definition) is 0. The van der Waals surface area contributed by atoms with E-state index >= 15 is 0 Å². The van der Waals surface area contributed by atoms with Crippen LogP contribution in [0.1, 0.15) is 50.7 Å². The standard InChI is InChI=1S/C32H31N5O10S2/c1-16-8-10-49-30(16)22-11-24(26-7-6-9-48-26)36(31(42)23(22)12-33)13-21-14-37(35-34-21)32-29(46-20(5)41)28(45-19(4)40)27(44-18(3)39)25(47-32)15-43-17(2)38/h6-11,14,25,27-29,32H,13,15H2,1-5H3/t25-,27-,28+,29-,32-/m1/s1. The van der Waals surface area contributed by atoms with Gasteiger partial charge in [0.05, 0.1) is 23.3 Å². The average molecular weight is 710 g/mol. The molecule has 1 aliphatic rings. The molecule has 0 saturated carbocycles. The third kappa shape index (κ3) is 7.77. The zero-order valence-electron chi connectivity index (χ0n) is 27.0. The van der Waals surface area contributed by atoms with E-state index in [1.54, 1.807) is 0 Å². The SMILES string of the molecule is CC(=O)OC[C@H]1O[C@@H](n2cc(Cn3c(-c4cccs4)cc(-c4sccc4C)c(C#N)c3=O)nn2)[C@H](OC(C)=O)[C@@H](OC(C)=O)[C@@H]1OC(C)=O. The van der Waals surface area contributed by atoms with Crippen LogP contribution in [-0.4, -0.2) is 74.5 Å². The first-order valence-electron chi connectivity index (χ1n) is 14.8. The van der Waals surface area contributed by atoms with Crippen LogP contribution in [0.25, 0.3) is 21.0 Å². The summed E-state index contributed by atoms with van der Waals surface area (Å²) >= 11 is 2.86. The molecule has 0 amide bonds. The van der Waals surface area contributed by atoms with Crippen molar-refractivity contribution in [2.24, 2.45) is 0 Å². The number of nitriles is 1. The highest BCUT2D eigenvalue weighted by molar-refractivity contribution is 7.14. The normalized spacial score (nSPS) is 20.2. The Hall–Kier alpha value is -5.18. The van der Waals surface area contributed by atoms with E-state index in [9.17, 15) is 29.2 Å². The van der Waals surface area contributed by atoms with Crippen molar-refractivity contribution in [3.05, 3.63) is 68.4 Å². The van der Waals surface area contributed by atoms with E-state index in [2.05, 4.69) is 16.4 Å². The van der Waals surface area contributed by atoms with Gasteiger partial charge in [-0.2, -0.15) is 5.26 Å². The minimum Gasteiger partial charge on any atom is -0.463 e. The number of ether oxygens (including phenoxy) is 5. The number of nitrogens with zero attached hydrogens (tertiary/aromatic N) is 5. The van der Waals surface area contributed by atoms with Crippen LogP contribution in [0.4, 0.5) is 0 Å². The molecule has 0 unspecified atom stereocenters. The zero-order valence-corrected chi connectivity index (χ0v) is 28.6. The fraction of sp³-hybridized carbons (Fsp3) is 0.375. The lowest BCUT2D eigenvalue weighted by molar-refractivity contribution is -0.270. The molecule has 15 nitrogen and oxygen atoms in total. The number of thiophene rings is 2. The van der Waals surface area contributed by atoms with Gasteiger partial charge in [-0.05, 0) is 41.4 Å². The van der Waals surface area contributed by atoms with Crippen LogP contribution < -0.4 is 5.56 Å². The smallest absolute Gasteiger partial charge is 0.303 e. The Morgan fingerprint density at radius 1 is 0.959 bits per heavy atom. The summed E-state index contributed by atoms with van der Waals surface area (Å²) < 4.78 is 30.4. The summed E-state index contributed by atoms with van der Waals surface area (Å²) in [5.74, 6) is -2.96. The molecule has 17 heteroatoms. The second-order valence-electron chi connectivity index (χ2n) is 11.0. The van der Waals surface area contributed by atoms with Crippen LogP contribution >= 0.6 is 22.7 Å². The predicted octanol–water partition coefficient (Wildman–Crippen LogP) is 3.38. The topological polar surface area (TPSA) is 191 Å². The number of hydrogen-bond acceptors (Lipinski definition) is 15. The van der Waals surface area contributed by atoms with E-state index in [1.807, 2.05) is 41.9 Å². The van der Waals surface area contributed by atoms with Crippen LogP contribution in [0.15, 0.2) is 46.0 Å². The molecule has 5 heterocycles. The molecule has 4 aromatic heterocycles. The third-order valence-corrected chi connectivity index (χ3v) is 9.34. The summed E-state index contributed by atoms with van der Waals surface area (Å²) in [6, 6.07) is 9.52. The highest BCUT2D eigenvalue weighted by Crippen LogP contribution is 2.36. The quantitative estimate of drug-likeness (QED) is 0.172. The molecule has 0 spiro atoms. The molecule has 1 aliphatic heterocycles. The maximum atomic E-state index is 14.0. The fourth-order valence-corrected chi connectivity index (χ4v) is 7.16. The van der Waals surface area contributed by atoms with Gasteiger partial charge in [-0.3, -0.25) is 24.0 Å². The maximum Gasteiger partial charge on any atom is 0.303 e. The van der Waals surface area contributed by atoms with Crippen molar-refractivity contribution in [2.75, 3.05) is 6.61 Å². The molecule has 0 aromatic carbocycles. The predicted molar refractivity (Wildman–Crippen MR) is 173 cm³/mol. The average Bonchev–Trinajstić information content (AvgIpc) is 3.81. The van der Waals surface area contributed by atoms with Crippen LogP contribution in [0.2, 0.25) is 0 Å². The number of carbonyl (C=O) groups is 4. The van der Waals surface area contributed by atoms with Gasteiger partial charge in [-0.1, -0.05) is 11.3 Å². The van der Waals surface area contributed by atoms with Crippen molar-refractivity contribution in [2.45, 2.75) is 71.8 Å².